The highest BCUT2D eigenvalue weighted by atomic mass is 16.5. The first-order valence-corrected chi connectivity index (χ1v) is 9.76. The van der Waals surface area contributed by atoms with Gasteiger partial charge in [0.15, 0.2) is 11.5 Å². The largest absolute Gasteiger partial charge is 0.492 e. The first kappa shape index (κ1) is 19.9. The van der Waals surface area contributed by atoms with Crippen molar-refractivity contribution in [2.75, 3.05) is 13.2 Å². The SMILES string of the molecule is CC(C)(C)c1ccc(OCCNC(=O)CCCc2nc3ccccc3o2)cc1. The lowest BCUT2D eigenvalue weighted by Crippen LogP contribution is -2.27. The van der Waals surface area contributed by atoms with Crippen LogP contribution in [0.25, 0.3) is 11.1 Å². The first-order chi connectivity index (χ1) is 13.4. The fourth-order valence-electron chi connectivity index (χ4n) is 2.93. The van der Waals surface area contributed by atoms with Gasteiger partial charge in [-0.2, -0.15) is 0 Å². The molecule has 0 fully saturated rings. The topological polar surface area (TPSA) is 64.4 Å². The van der Waals surface area contributed by atoms with Gasteiger partial charge in [-0.05, 0) is 41.7 Å². The predicted molar refractivity (Wildman–Crippen MR) is 111 cm³/mol. The van der Waals surface area contributed by atoms with Crippen molar-refractivity contribution in [2.45, 2.75) is 45.4 Å². The van der Waals surface area contributed by atoms with Gasteiger partial charge in [0.2, 0.25) is 5.91 Å². The van der Waals surface area contributed by atoms with E-state index in [9.17, 15) is 4.79 Å². The Morgan fingerprint density at radius 1 is 1.11 bits per heavy atom. The number of amides is 1. The van der Waals surface area contributed by atoms with Crippen LogP contribution in [0.4, 0.5) is 0 Å². The summed E-state index contributed by atoms with van der Waals surface area (Å²) in [5.74, 6) is 1.51. The van der Waals surface area contributed by atoms with E-state index in [1.807, 2.05) is 36.4 Å². The van der Waals surface area contributed by atoms with Gasteiger partial charge in [-0.3, -0.25) is 4.79 Å². The minimum atomic E-state index is 0.0165. The summed E-state index contributed by atoms with van der Waals surface area (Å²) in [7, 11) is 0. The summed E-state index contributed by atoms with van der Waals surface area (Å²) >= 11 is 0. The van der Waals surface area contributed by atoms with Crippen molar-refractivity contribution < 1.29 is 13.9 Å². The molecule has 1 N–H and O–H groups in total. The maximum Gasteiger partial charge on any atom is 0.220 e. The number of ether oxygens (including phenoxy) is 1. The zero-order valence-corrected chi connectivity index (χ0v) is 16.8. The third-order valence-corrected chi connectivity index (χ3v) is 4.55. The molecule has 0 spiro atoms. The van der Waals surface area contributed by atoms with Crippen LogP contribution in [-0.4, -0.2) is 24.0 Å². The number of nitrogens with zero attached hydrogens (tertiary/aromatic N) is 1. The number of carbonyl (C=O) groups is 1. The number of hydrogen-bond acceptors (Lipinski definition) is 4. The second kappa shape index (κ2) is 8.91. The summed E-state index contributed by atoms with van der Waals surface area (Å²) in [6, 6.07) is 15.8. The molecule has 148 valence electrons. The molecule has 0 aliphatic carbocycles. The Kier molecular flexibility index (Phi) is 6.34. The third-order valence-electron chi connectivity index (χ3n) is 4.55. The number of carbonyl (C=O) groups excluding carboxylic acids is 1. The van der Waals surface area contributed by atoms with E-state index in [1.54, 1.807) is 0 Å². The molecule has 1 heterocycles. The van der Waals surface area contributed by atoms with Gasteiger partial charge in [-0.1, -0.05) is 45.0 Å². The number of rotatable bonds is 8. The fraction of sp³-hybridized carbons (Fsp3) is 0.391. The molecule has 1 aromatic heterocycles. The molecule has 0 bridgehead atoms. The van der Waals surface area contributed by atoms with E-state index in [0.29, 0.717) is 38.3 Å². The Hall–Kier alpha value is -2.82. The maximum atomic E-state index is 12.0. The summed E-state index contributed by atoms with van der Waals surface area (Å²) in [6.45, 7) is 7.49. The van der Waals surface area contributed by atoms with E-state index in [2.05, 4.69) is 43.2 Å². The Morgan fingerprint density at radius 2 is 1.86 bits per heavy atom. The van der Waals surface area contributed by atoms with Crippen molar-refractivity contribution in [2.24, 2.45) is 0 Å². The molecule has 28 heavy (non-hydrogen) atoms. The van der Waals surface area contributed by atoms with Crippen molar-refractivity contribution in [3.63, 3.8) is 0 Å². The Morgan fingerprint density at radius 3 is 2.57 bits per heavy atom. The maximum absolute atomic E-state index is 12.0. The number of aryl methyl sites for hydroxylation is 1. The first-order valence-electron chi connectivity index (χ1n) is 9.76. The Balaban J connectivity index is 1.32. The van der Waals surface area contributed by atoms with Crippen LogP contribution in [0.2, 0.25) is 0 Å². The minimum Gasteiger partial charge on any atom is -0.492 e. The highest BCUT2D eigenvalue weighted by Crippen LogP contribution is 2.24. The fourth-order valence-corrected chi connectivity index (χ4v) is 2.93. The molecular formula is C23H28N2O3. The molecular weight excluding hydrogens is 352 g/mol. The third kappa shape index (κ3) is 5.59. The van der Waals surface area contributed by atoms with Crippen molar-refractivity contribution in [3.8, 4) is 5.75 Å². The van der Waals surface area contributed by atoms with Crippen LogP contribution in [0.1, 0.15) is 45.1 Å². The van der Waals surface area contributed by atoms with Crippen LogP contribution in [0.5, 0.6) is 5.75 Å². The smallest absolute Gasteiger partial charge is 0.220 e. The summed E-state index contributed by atoms with van der Waals surface area (Å²) in [4.78, 5) is 16.4. The Labute approximate surface area is 166 Å². The Bertz CT molecular complexity index is 874. The highest BCUT2D eigenvalue weighted by Gasteiger charge is 2.13. The molecule has 0 aliphatic rings. The zero-order valence-electron chi connectivity index (χ0n) is 16.8. The average Bonchev–Trinajstić information content (AvgIpc) is 3.08. The molecule has 0 atom stereocenters. The van der Waals surface area contributed by atoms with Gasteiger partial charge in [-0.15, -0.1) is 0 Å². The molecule has 0 unspecified atom stereocenters. The molecule has 2 aromatic carbocycles. The lowest BCUT2D eigenvalue weighted by Gasteiger charge is -2.19. The second-order valence-corrected chi connectivity index (χ2v) is 7.90. The molecule has 0 radical (unpaired) electrons. The van der Waals surface area contributed by atoms with Crippen LogP contribution in [0, 0.1) is 0 Å². The molecule has 0 aliphatic heterocycles. The molecule has 1 amide bonds. The van der Waals surface area contributed by atoms with Crippen molar-refractivity contribution in [1.29, 1.82) is 0 Å². The predicted octanol–water partition coefficient (Wildman–Crippen LogP) is 4.64. The number of fused-ring (bicyclic) bond motifs is 1. The molecule has 3 rings (SSSR count). The molecule has 0 saturated carbocycles. The number of benzene rings is 2. The summed E-state index contributed by atoms with van der Waals surface area (Å²) in [5, 5.41) is 2.89. The van der Waals surface area contributed by atoms with Gasteiger partial charge < -0.3 is 14.5 Å². The number of aromatic nitrogens is 1. The average molecular weight is 380 g/mol. The van der Waals surface area contributed by atoms with E-state index >= 15 is 0 Å². The van der Waals surface area contributed by atoms with Crippen molar-refractivity contribution >= 4 is 17.0 Å². The molecule has 3 aromatic rings. The van der Waals surface area contributed by atoms with Crippen molar-refractivity contribution in [3.05, 3.63) is 60.0 Å². The number of nitrogens with one attached hydrogen (secondary N) is 1. The van der Waals surface area contributed by atoms with Gasteiger partial charge >= 0.3 is 0 Å². The van der Waals surface area contributed by atoms with Gasteiger partial charge in [-0.25, -0.2) is 4.98 Å². The van der Waals surface area contributed by atoms with Gasteiger partial charge in [0.05, 0.1) is 6.54 Å². The summed E-state index contributed by atoms with van der Waals surface area (Å²) < 4.78 is 11.4. The molecule has 5 nitrogen and oxygen atoms in total. The number of hydrogen-bond donors (Lipinski definition) is 1. The minimum absolute atomic E-state index is 0.0165. The van der Waals surface area contributed by atoms with Crippen LogP contribution < -0.4 is 10.1 Å². The second-order valence-electron chi connectivity index (χ2n) is 7.90. The highest BCUT2D eigenvalue weighted by molar-refractivity contribution is 5.75. The lowest BCUT2D eigenvalue weighted by molar-refractivity contribution is -0.121. The van der Waals surface area contributed by atoms with E-state index < -0.39 is 0 Å². The van der Waals surface area contributed by atoms with Gasteiger partial charge in [0.25, 0.3) is 0 Å². The summed E-state index contributed by atoms with van der Waals surface area (Å²) in [5.41, 5.74) is 3.04. The molecule has 0 saturated heterocycles. The van der Waals surface area contributed by atoms with Gasteiger partial charge in [0.1, 0.15) is 17.9 Å². The van der Waals surface area contributed by atoms with E-state index in [0.717, 1.165) is 16.8 Å². The van der Waals surface area contributed by atoms with Crippen molar-refractivity contribution in [1.82, 2.24) is 10.3 Å². The van der Waals surface area contributed by atoms with Crippen LogP contribution in [-0.2, 0) is 16.6 Å². The van der Waals surface area contributed by atoms with Crippen LogP contribution in [0.15, 0.2) is 52.9 Å². The van der Waals surface area contributed by atoms with Crippen LogP contribution in [0.3, 0.4) is 0 Å². The van der Waals surface area contributed by atoms with E-state index in [1.165, 1.54) is 5.56 Å². The number of oxazole rings is 1. The monoisotopic (exact) mass is 380 g/mol. The lowest BCUT2D eigenvalue weighted by atomic mass is 9.87. The van der Waals surface area contributed by atoms with E-state index in [4.69, 9.17) is 9.15 Å². The van der Waals surface area contributed by atoms with Gasteiger partial charge in [0, 0.05) is 12.8 Å². The standard InChI is InChI=1S/C23H28N2O3/c1-23(2,3)17-11-13-18(14-12-17)27-16-15-24-21(26)9-6-10-22-25-19-7-4-5-8-20(19)28-22/h4-5,7-8,11-14H,6,9-10,15-16H2,1-3H3,(H,24,26). The quantitative estimate of drug-likeness (QED) is 0.578. The van der Waals surface area contributed by atoms with E-state index in [-0.39, 0.29) is 11.3 Å². The molecule has 5 heteroatoms. The summed E-state index contributed by atoms with van der Waals surface area (Å²) in [6.07, 6.45) is 1.80. The number of para-hydroxylation sites is 2. The normalized spacial score (nSPS) is 11.5. The van der Waals surface area contributed by atoms with Crippen LogP contribution >= 0.6 is 0 Å². The zero-order chi connectivity index (χ0) is 20.0.